The lowest BCUT2D eigenvalue weighted by Gasteiger charge is -2.27. The van der Waals surface area contributed by atoms with Crippen LogP contribution in [0.25, 0.3) is 0 Å². The van der Waals surface area contributed by atoms with Gasteiger partial charge in [-0.05, 0) is 30.5 Å². The van der Waals surface area contributed by atoms with Gasteiger partial charge < -0.3 is 10.1 Å². The van der Waals surface area contributed by atoms with Crippen molar-refractivity contribution in [2.24, 2.45) is 0 Å². The summed E-state index contributed by atoms with van der Waals surface area (Å²) in [4.78, 5) is 25.0. The van der Waals surface area contributed by atoms with E-state index in [1.807, 2.05) is 60.7 Å². The molecule has 0 aliphatic carbocycles. The number of nitrogens with one attached hydrogen (secondary N) is 2. The molecule has 0 aromatic heterocycles. The van der Waals surface area contributed by atoms with Crippen molar-refractivity contribution in [3.8, 4) is 0 Å². The van der Waals surface area contributed by atoms with E-state index in [1.54, 1.807) is 0 Å². The molecule has 1 aliphatic rings. The van der Waals surface area contributed by atoms with Gasteiger partial charge in [-0.2, -0.15) is 0 Å². The number of amides is 2. The minimum absolute atomic E-state index is 0.188. The predicted molar refractivity (Wildman–Crippen MR) is 99.4 cm³/mol. The highest BCUT2D eigenvalue weighted by atomic mass is 16.5. The molecule has 5 nitrogen and oxygen atoms in total. The standard InChI is InChI=1S/C21H24N2O3/c24-19(14-17-8-3-1-4-9-17)23-20(25)21(12-7-13-22-21)16-26-15-18-10-5-2-6-11-18/h1-6,8-11,22H,7,12-16H2,(H,23,24,25). The highest BCUT2D eigenvalue weighted by molar-refractivity contribution is 6.00. The molecule has 1 fully saturated rings. The molecule has 1 unspecified atom stereocenters. The summed E-state index contributed by atoms with van der Waals surface area (Å²) in [5.41, 5.74) is 1.11. The summed E-state index contributed by atoms with van der Waals surface area (Å²) in [6, 6.07) is 19.2. The lowest BCUT2D eigenvalue weighted by Crippen LogP contribution is -2.58. The number of benzene rings is 2. The summed E-state index contributed by atoms with van der Waals surface area (Å²) in [7, 11) is 0. The Balaban J connectivity index is 1.55. The maximum atomic E-state index is 12.7. The monoisotopic (exact) mass is 352 g/mol. The van der Waals surface area contributed by atoms with Gasteiger partial charge in [0.25, 0.3) is 0 Å². The average Bonchev–Trinajstić information content (AvgIpc) is 3.13. The van der Waals surface area contributed by atoms with E-state index in [0.717, 1.165) is 24.1 Å². The van der Waals surface area contributed by atoms with Crippen LogP contribution in [0.2, 0.25) is 0 Å². The largest absolute Gasteiger partial charge is 0.374 e. The number of carbonyl (C=O) groups excluding carboxylic acids is 2. The first-order chi connectivity index (χ1) is 12.7. The van der Waals surface area contributed by atoms with Crippen LogP contribution in [0.3, 0.4) is 0 Å². The van der Waals surface area contributed by atoms with E-state index < -0.39 is 5.54 Å². The smallest absolute Gasteiger partial charge is 0.249 e. The minimum atomic E-state index is -0.832. The molecule has 0 saturated carbocycles. The number of imide groups is 1. The first kappa shape index (κ1) is 18.3. The van der Waals surface area contributed by atoms with E-state index in [0.29, 0.717) is 13.0 Å². The summed E-state index contributed by atoms with van der Waals surface area (Å²) in [5.74, 6) is -0.596. The predicted octanol–water partition coefficient (Wildman–Crippen LogP) is 2.21. The Bertz CT molecular complexity index is 725. The van der Waals surface area contributed by atoms with Crippen molar-refractivity contribution in [3.05, 3.63) is 71.8 Å². The highest BCUT2D eigenvalue weighted by Gasteiger charge is 2.41. The second-order valence-corrected chi connectivity index (χ2v) is 6.63. The second kappa shape index (κ2) is 8.74. The van der Waals surface area contributed by atoms with E-state index in [4.69, 9.17) is 4.74 Å². The van der Waals surface area contributed by atoms with Gasteiger partial charge in [-0.25, -0.2) is 0 Å². The third-order valence-corrected chi connectivity index (χ3v) is 4.60. The van der Waals surface area contributed by atoms with E-state index in [1.165, 1.54) is 0 Å². The molecule has 1 atom stereocenters. The van der Waals surface area contributed by atoms with Crippen LogP contribution in [0.4, 0.5) is 0 Å². The summed E-state index contributed by atoms with van der Waals surface area (Å²) in [6.07, 6.45) is 1.73. The molecule has 2 amide bonds. The zero-order valence-electron chi connectivity index (χ0n) is 14.7. The number of ether oxygens (including phenoxy) is 1. The Morgan fingerprint density at radius 2 is 1.65 bits per heavy atom. The molecule has 0 spiro atoms. The van der Waals surface area contributed by atoms with Crippen molar-refractivity contribution in [2.45, 2.75) is 31.4 Å². The fraction of sp³-hybridized carbons (Fsp3) is 0.333. The Kier molecular flexibility index (Phi) is 6.15. The minimum Gasteiger partial charge on any atom is -0.374 e. The van der Waals surface area contributed by atoms with Crippen LogP contribution >= 0.6 is 0 Å². The zero-order chi connectivity index (χ0) is 18.2. The lowest BCUT2D eigenvalue weighted by molar-refractivity contribution is -0.135. The van der Waals surface area contributed by atoms with Crippen molar-refractivity contribution in [1.82, 2.24) is 10.6 Å². The lowest BCUT2D eigenvalue weighted by atomic mass is 9.97. The Hall–Kier alpha value is -2.50. The van der Waals surface area contributed by atoms with Gasteiger partial charge in [0, 0.05) is 0 Å². The third kappa shape index (κ3) is 4.77. The van der Waals surface area contributed by atoms with Crippen LogP contribution in [0, 0.1) is 0 Å². The van der Waals surface area contributed by atoms with Gasteiger partial charge >= 0.3 is 0 Å². The molecule has 26 heavy (non-hydrogen) atoms. The number of hydrogen-bond donors (Lipinski definition) is 2. The molecule has 5 heteroatoms. The van der Waals surface area contributed by atoms with Crippen LogP contribution in [0.1, 0.15) is 24.0 Å². The molecule has 3 rings (SSSR count). The van der Waals surface area contributed by atoms with Crippen molar-refractivity contribution in [1.29, 1.82) is 0 Å². The van der Waals surface area contributed by atoms with Gasteiger partial charge in [-0.15, -0.1) is 0 Å². The average molecular weight is 352 g/mol. The van der Waals surface area contributed by atoms with Crippen LogP contribution in [-0.2, 0) is 27.4 Å². The van der Waals surface area contributed by atoms with Gasteiger partial charge in [0.15, 0.2) is 0 Å². The molecule has 0 radical (unpaired) electrons. The Labute approximate surface area is 153 Å². The normalized spacial score (nSPS) is 19.2. The molecule has 0 bridgehead atoms. The quantitative estimate of drug-likeness (QED) is 0.802. The van der Waals surface area contributed by atoms with Crippen LogP contribution in [0.15, 0.2) is 60.7 Å². The molecule has 2 aromatic rings. The molecule has 2 N–H and O–H groups in total. The summed E-state index contributed by atoms with van der Waals surface area (Å²) in [6.45, 7) is 1.43. The molecular formula is C21H24N2O3. The fourth-order valence-electron chi connectivity index (χ4n) is 3.18. The van der Waals surface area contributed by atoms with E-state index >= 15 is 0 Å². The maximum absolute atomic E-state index is 12.7. The van der Waals surface area contributed by atoms with E-state index in [-0.39, 0.29) is 24.8 Å². The molecule has 136 valence electrons. The second-order valence-electron chi connectivity index (χ2n) is 6.63. The Morgan fingerprint density at radius 3 is 2.27 bits per heavy atom. The summed E-state index contributed by atoms with van der Waals surface area (Å²) in [5, 5.41) is 5.78. The van der Waals surface area contributed by atoms with Gasteiger partial charge in [0.05, 0.1) is 19.6 Å². The van der Waals surface area contributed by atoms with E-state index in [2.05, 4.69) is 10.6 Å². The van der Waals surface area contributed by atoms with Crippen LogP contribution in [0.5, 0.6) is 0 Å². The molecule has 2 aromatic carbocycles. The molecule has 1 aliphatic heterocycles. The van der Waals surface area contributed by atoms with Crippen LogP contribution < -0.4 is 10.6 Å². The highest BCUT2D eigenvalue weighted by Crippen LogP contribution is 2.21. The van der Waals surface area contributed by atoms with E-state index in [9.17, 15) is 9.59 Å². The third-order valence-electron chi connectivity index (χ3n) is 4.60. The first-order valence-corrected chi connectivity index (χ1v) is 8.93. The van der Waals surface area contributed by atoms with Crippen molar-refractivity contribution in [3.63, 3.8) is 0 Å². The van der Waals surface area contributed by atoms with Gasteiger partial charge in [-0.1, -0.05) is 60.7 Å². The topological polar surface area (TPSA) is 67.4 Å². The summed E-state index contributed by atoms with van der Waals surface area (Å²) >= 11 is 0. The molecule has 1 heterocycles. The van der Waals surface area contributed by atoms with Crippen molar-refractivity contribution < 1.29 is 14.3 Å². The number of hydrogen-bond acceptors (Lipinski definition) is 4. The van der Waals surface area contributed by atoms with Crippen LogP contribution in [-0.4, -0.2) is 30.5 Å². The zero-order valence-corrected chi connectivity index (χ0v) is 14.7. The van der Waals surface area contributed by atoms with Gasteiger partial charge in [0.1, 0.15) is 5.54 Å². The number of rotatable bonds is 7. The fourth-order valence-corrected chi connectivity index (χ4v) is 3.18. The van der Waals surface area contributed by atoms with Gasteiger partial charge in [0.2, 0.25) is 11.8 Å². The Morgan fingerprint density at radius 1 is 1.00 bits per heavy atom. The molecule has 1 saturated heterocycles. The first-order valence-electron chi connectivity index (χ1n) is 8.93. The maximum Gasteiger partial charge on any atom is 0.249 e. The molecular weight excluding hydrogens is 328 g/mol. The van der Waals surface area contributed by atoms with Gasteiger partial charge in [-0.3, -0.25) is 14.9 Å². The SMILES string of the molecule is O=C(Cc1ccccc1)NC(=O)C1(COCc2ccccc2)CCCN1. The van der Waals surface area contributed by atoms with Crippen molar-refractivity contribution in [2.75, 3.05) is 13.2 Å². The summed E-state index contributed by atoms with van der Waals surface area (Å²) < 4.78 is 5.79. The number of carbonyl (C=O) groups is 2. The van der Waals surface area contributed by atoms with Crippen molar-refractivity contribution >= 4 is 11.8 Å².